The van der Waals surface area contributed by atoms with Crippen LogP contribution in [0.1, 0.15) is 22.1 Å². The third kappa shape index (κ3) is 2.78. The summed E-state index contributed by atoms with van der Waals surface area (Å²) in [5, 5.41) is 10.2. The molecule has 90 valence electrons. The lowest BCUT2D eigenvalue weighted by Gasteiger charge is -2.10. The highest BCUT2D eigenvalue weighted by Crippen LogP contribution is 2.35. The summed E-state index contributed by atoms with van der Waals surface area (Å²) < 4.78 is 15.3. The van der Waals surface area contributed by atoms with Gasteiger partial charge in [-0.05, 0) is 52.7 Å². The number of hydrogen-bond acceptors (Lipinski definition) is 2. The van der Waals surface area contributed by atoms with Gasteiger partial charge in [-0.3, -0.25) is 0 Å². The molecule has 1 nitrogen and oxygen atoms in total. The van der Waals surface area contributed by atoms with Crippen LogP contribution in [0, 0.1) is 12.7 Å². The topological polar surface area (TPSA) is 20.2 Å². The van der Waals surface area contributed by atoms with Crippen LogP contribution in [0.15, 0.2) is 32.5 Å². The standard InChI is InChI=1S/C12H9Br2FOS/c1-6-4-10(17-12(6)14)11(16)8-5-7(13)2-3-9(8)15/h2-5,11,16H,1H3. The van der Waals surface area contributed by atoms with Crippen LogP contribution in [0.3, 0.4) is 0 Å². The van der Waals surface area contributed by atoms with Crippen molar-refractivity contribution in [3.8, 4) is 0 Å². The highest BCUT2D eigenvalue weighted by molar-refractivity contribution is 9.11. The zero-order chi connectivity index (χ0) is 12.6. The normalized spacial score (nSPS) is 12.8. The van der Waals surface area contributed by atoms with E-state index in [1.165, 1.54) is 17.4 Å². The highest BCUT2D eigenvalue weighted by Gasteiger charge is 2.18. The molecule has 0 aliphatic rings. The molecular weight excluding hydrogens is 371 g/mol. The van der Waals surface area contributed by atoms with Crippen molar-refractivity contribution in [1.82, 2.24) is 0 Å². The molecule has 0 radical (unpaired) electrons. The van der Waals surface area contributed by atoms with Crippen molar-refractivity contribution in [3.05, 3.63) is 54.3 Å². The molecular formula is C12H9Br2FOS. The van der Waals surface area contributed by atoms with Gasteiger partial charge in [0, 0.05) is 14.9 Å². The van der Waals surface area contributed by atoms with E-state index in [2.05, 4.69) is 31.9 Å². The summed E-state index contributed by atoms with van der Waals surface area (Å²) in [5.41, 5.74) is 1.33. The molecule has 0 amide bonds. The van der Waals surface area contributed by atoms with Gasteiger partial charge >= 0.3 is 0 Å². The minimum atomic E-state index is -0.928. The maximum atomic E-state index is 13.6. The van der Waals surface area contributed by atoms with Crippen LogP contribution >= 0.6 is 43.2 Å². The van der Waals surface area contributed by atoms with E-state index in [4.69, 9.17) is 0 Å². The Kier molecular flexibility index (Phi) is 4.02. The fourth-order valence-corrected chi connectivity index (χ4v) is 3.45. The smallest absolute Gasteiger partial charge is 0.129 e. The van der Waals surface area contributed by atoms with Gasteiger partial charge in [0.1, 0.15) is 11.9 Å². The van der Waals surface area contributed by atoms with Gasteiger partial charge in [-0.25, -0.2) is 4.39 Å². The van der Waals surface area contributed by atoms with Crippen LogP contribution < -0.4 is 0 Å². The molecule has 1 aromatic heterocycles. The second kappa shape index (κ2) is 5.18. The van der Waals surface area contributed by atoms with E-state index < -0.39 is 11.9 Å². The van der Waals surface area contributed by atoms with Crippen molar-refractivity contribution < 1.29 is 9.50 Å². The Morgan fingerprint density at radius 1 is 1.29 bits per heavy atom. The number of aryl methyl sites for hydroxylation is 1. The first-order valence-electron chi connectivity index (χ1n) is 4.88. The summed E-state index contributed by atoms with van der Waals surface area (Å²) in [7, 11) is 0. The van der Waals surface area contributed by atoms with Crippen LogP contribution in [0.5, 0.6) is 0 Å². The second-order valence-corrected chi connectivity index (χ2v) is 6.99. The van der Waals surface area contributed by atoms with E-state index in [0.717, 1.165) is 18.7 Å². The number of halogens is 3. The molecule has 0 saturated carbocycles. The molecule has 0 aliphatic heterocycles. The van der Waals surface area contributed by atoms with E-state index in [1.807, 2.05) is 13.0 Å². The van der Waals surface area contributed by atoms with Crippen molar-refractivity contribution >= 4 is 43.2 Å². The molecule has 1 heterocycles. The van der Waals surface area contributed by atoms with Crippen molar-refractivity contribution in [2.24, 2.45) is 0 Å². The third-order valence-electron chi connectivity index (χ3n) is 2.40. The van der Waals surface area contributed by atoms with Gasteiger partial charge < -0.3 is 5.11 Å². The van der Waals surface area contributed by atoms with Crippen molar-refractivity contribution in [2.45, 2.75) is 13.0 Å². The lowest BCUT2D eigenvalue weighted by atomic mass is 10.1. The number of thiophene rings is 1. The SMILES string of the molecule is Cc1cc(C(O)c2cc(Br)ccc2F)sc1Br. The molecule has 5 heteroatoms. The predicted octanol–water partition coefficient (Wildman–Crippen LogP) is 4.80. The third-order valence-corrected chi connectivity index (χ3v) is 5.08. The lowest BCUT2D eigenvalue weighted by molar-refractivity contribution is 0.218. The lowest BCUT2D eigenvalue weighted by Crippen LogP contribution is -2.00. The van der Waals surface area contributed by atoms with Crippen molar-refractivity contribution in [2.75, 3.05) is 0 Å². The molecule has 2 rings (SSSR count). The molecule has 1 unspecified atom stereocenters. The number of hydrogen-bond donors (Lipinski definition) is 1. The highest BCUT2D eigenvalue weighted by atomic mass is 79.9. The van der Waals surface area contributed by atoms with E-state index in [-0.39, 0.29) is 5.56 Å². The molecule has 0 spiro atoms. The van der Waals surface area contributed by atoms with Gasteiger partial charge in [0.25, 0.3) is 0 Å². The van der Waals surface area contributed by atoms with E-state index in [0.29, 0.717) is 0 Å². The quantitative estimate of drug-likeness (QED) is 0.794. The molecule has 1 atom stereocenters. The Bertz CT molecular complexity index is 534. The largest absolute Gasteiger partial charge is 0.383 e. The van der Waals surface area contributed by atoms with E-state index in [9.17, 15) is 9.50 Å². The minimum Gasteiger partial charge on any atom is -0.383 e. The van der Waals surface area contributed by atoms with Crippen LogP contribution in [-0.2, 0) is 0 Å². The maximum absolute atomic E-state index is 13.6. The second-order valence-electron chi connectivity index (χ2n) is 3.67. The summed E-state index contributed by atoms with van der Waals surface area (Å²) in [5.74, 6) is -0.400. The molecule has 0 fully saturated rings. The van der Waals surface area contributed by atoms with Gasteiger partial charge in [0.15, 0.2) is 0 Å². The summed E-state index contributed by atoms with van der Waals surface area (Å²) in [6.07, 6.45) is -0.928. The first-order valence-corrected chi connectivity index (χ1v) is 7.28. The monoisotopic (exact) mass is 378 g/mol. The number of aliphatic hydroxyl groups is 1. The molecule has 0 aliphatic carbocycles. The van der Waals surface area contributed by atoms with E-state index >= 15 is 0 Å². The molecule has 17 heavy (non-hydrogen) atoms. The Morgan fingerprint density at radius 2 is 2.00 bits per heavy atom. The van der Waals surface area contributed by atoms with Gasteiger partial charge in [-0.15, -0.1) is 11.3 Å². The van der Waals surface area contributed by atoms with Crippen LogP contribution in [0.25, 0.3) is 0 Å². The molecule has 0 saturated heterocycles. The first-order chi connectivity index (χ1) is 7.99. The Hall–Kier alpha value is -0.230. The van der Waals surface area contributed by atoms with E-state index in [1.54, 1.807) is 12.1 Å². The van der Waals surface area contributed by atoms with Gasteiger partial charge in [-0.2, -0.15) is 0 Å². The number of benzene rings is 1. The maximum Gasteiger partial charge on any atom is 0.129 e. The molecule has 1 N–H and O–H groups in total. The van der Waals surface area contributed by atoms with Crippen molar-refractivity contribution in [3.63, 3.8) is 0 Å². The average Bonchev–Trinajstić information content (AvgIpc) is 2.62. The summed E-state index contributed by atoms with van der Waals surface area (Å²) >= 11 is 8.08. The Balaban J connectivity index is 2.42. The summed E-state index contributed by atoms with van der Waals surface area (Å²) in [6.45, 7) is 1.94. The van der Waals surface area contributed by atoms with Gasteiger partial charge in [0.2, 0.25) is 0 Å². The summed E-state index contributed by atoms with van der Waals surface area (Å²) in [6, 6.07) is 6.42. The number of rotatable bonds is 2. The fraction of sp³-hybridized carbons (Fsp3) is 0.167. The molecule has 1 aromatic carbocycles. The number of aliphatic hydroxyl groups excluding tert-OH is 1. The van der Waals surface area contributed by atoms with Gasteiger partial charge in [0.05, 0.1) is 3.79 Å². The zero-order valence-electron chi connectivity index (χ0n) is 8.88. The van der Waals surface area contributed by atoms with Crippen molar-refractivity contribution in [1.29, 1.82) is 0 Å². The van der Waals surface area contributed by atoms with Crippen LogP contribution in [0.2, 0.25) is 0 Å². The zero-order valence-corrected chi connectivity index (χ0v) is 12.9. The predicted molar refractivity (Wildman–Crippen MR) is 74.9 cm³/mol. The fourth-order valence-electron chi connectivity index (χ4n) is 1.50. The average molecular weight is 380 g/mol. The van der Waals surface area contributed by atoms with Crippen LogP contribution in [-0.4, -0.2) is 5.11 Å². The van der Waals surface area contributed by atoms with Gasteiger partial charge in [-0.1, -0.05) is 15.9 Å². The van der Waals surface area contributed by atoms with Crippen LogP contribution in [0.4, 0.5) is 4.39 Å². The molecule has 2 aromatic rings. The minimum absolute atomic E-state index is 0.285. The Morgan fingerprint density at radius 3 is 2.59 bits per heavy atom. The summed E-state index contributed by atoms with van der Waals surface area (Å²) in [4.78, 5) is 0.728. The Labute approximate surface area is 120 Å². The first kappa shape index (κ1) is 13.2. The molecule has 0 bridgehead atoms.